The third-order valence-electron chi connectivity index (χ3n) is 10.8. The molecule has 2 aromatic carbocycles. The molecule has 0 bridgehead atoms. The number of rotatable bonds is 8. The van der Waals surface area contributed by atoms with Crippen LogP contribution in [-0.2, 0) is 46.1 Å². The second kappa shape index (κ2) is 14.3. The Kier molecular flexibility index (Phi) is 11.9. The SMILES string of the molecule is CCC(=O)OCC(OC(=O)C(C)(c1cc(C(C)(C)C)c(O)c(C(C)(C)C)c1)C1CC(C)(C)NC(C)(C)C1)c1cc(C(C)(C)C)c(O)c(C(C)(C)C)c1. The molecule has 0 aromatic heterocycles. The molecule has 2 unspecified atom stereocenters. The summed E-state index contributed by atoms with van der Waals surface area (Å²) in [5.41, 5.74) is 1.09. The van der Waals surface area contributed by atoms with E-state index in [4.69, 9.17) is 9.47 Å². The van der Waals surface area contributed by atoms with E-state index in [0.717, 1.165) is 27.8 Å². The van der Waals surface area contributed by atoms with Crippen molar-refractivity contribution in [1.29, 1.82) is 0 Å². The number of carbonyl (C=O) groups excluding carboxylic acids is 2. The molecular formula is C45H71NO6. The largest absolute Gasteiger partial charge is 0.507 e. The van der Waals surface area contributed by atoms with Crippen molar-refractivity contribution in [1.82, 2.24) is 5.32 Å². The first-order valence-corrected chi connectivity index (χ1v) is 19.2. The number of phenols is 2. The topological polar surface area (TPSA) is 105 Å². The standard InChI is InChI=1S/C45H71NO6/c1-19-35(47)51-26-34(27-20-30(39(2,3)4)36(48)31(21-27)40(5,6)7)52-38(50)45(18,29-24-43(14,15)46-44(16,17)25-29)28-22-32(41(8,9)10)37(49)33(23-28)42(11,12)13/h20-23,29,34,46,48-49H,19,24-26H2,1-18H3. The Bertz CT molecular complexity index is 1550. The molecule has 7 heteroatoms. The lowest BCUT2D eigenvalue weighted by molar-refractivity contribution is -0.167. The predicted molar refractivity (Wildman–Crippen MR) is 212 cm³/mol. The van der Waals surface area contributed by atoms with Gasteiger partial charge >= 0.3 is 11.9 Å². The molecule has 2 atom stereocenters. The lowest BCUT2D eigenvalue weighted by atomic mass is 9.60. The maximum Gasteiger partial charge on any atom is 0.317 e. The third kappa shape index (κ3) is 9.53. The zero-order chi connectivity index (χ0) is 40.2. The number of hydrogen-bond donors (Lipinski definition) is 3. The summed E-state index contributed by atoms with van der Waals surface area (Å²) >= 11 is 0. The van der Waals surface area contributed by atoms with Crippen molar-refractivity contribution < 1.29 is 29.3 Å². The van der Waals surface area contributed by atoms with Crippen LogP contribution in [0.2, 0.25) is 0 Å². The van der Waals surface area contributed by atoms with Crippen molar-refractivity contribution in [3.63, 3.8) is 0 Å². The second-order valence-corrected chi connectivity index (χ2v) is 21.0. The number of carbonyl (C=O) groups is 2. The van der Waals surface area contributed by atoms with E-state index in [0.29, 0.717) is 18.4 Å². The fourth-order valence-electron chi connectivity index (χ4n) is 8.04. The Morgan fingerprint density at radius 2 is 1.08 bits per heavy atom. The number of benzene rings is 2. The number of phenolic OH excluding ortho intramolecular Hbond substituents is 2. The lowest BCUT2D eigenvalue weighted by Crippen LogP contribution is -2.61. The maximum absolute atomic E-state index is 15.4. The van der Waals surface area contributed by atoms with Gasteiger partial charge in [-0.1, -0.05) is 102 Å². The van der Waals surface area contributed by atoms with Crippen molar-refractivity contribution in [3.05, 3.63) is 57.6 Å². The molecule has 292 valence electrons. The minimum atomic E-state index is -1.16. The Morgan fingerprint density at radius 3 is 1.42 bits per heavy atom. The summed E-state index contributed by atoms with van der Waals surface area (Å²) in [6.45, 7) is 37.0. The van der Waals surface area contributed by atoms with E-state index in [1.807, 2.05) is 72.7 Å². The maximum atomic E-state index is 15.4. The highest BCUT2D eigenvalue weighted by molar-refractivity contribution is 5.84. The van der Waals surface area contributed by atoms with Crippen LogP contribution >= 0.6 is 0 Å². The normalized spacial score (nSPS) is 18.7. The van der Waals surface area contributed by atoms with E-state index in [-0.39, 0.29) is 47.5 Å². The number of esters is 2. The van der Waals surface area contributed by atoms with Gasteiger partial charge in [0.1, 0.15) is 18.1 Å². The first-order chi connectivity index (χ1) is 23.2. The summed E-state index contributed by atoms with van der Waals surface area (Å²) in [5, 5.41) is 27.0. The lowest BCUT2D eigenvalue weighted by Gasteiger charge is -2.51. The van der Waals surface area contributed by atoms with Crippen molar-refractivity contribution in [2.24, 2.45) is 5.92 Å². The van der Waals surface area contributed by atoms with E-state index < -0.39 is 39.1 Å². The van der Waals surface area contributed by atoms with E-state index in [1.165, 1.54) is 0 Å². The van der Waals surface area contributed by atoms with Gasteiger partial charge in [0.2, 0.25) is 0 Å². The van der Waals surface area contributed by atoms with Gasteiger partial charge in [-0.2, -0.15) is 0 Å². The average molecular weight is 722 g/mol. The molecule has 1 saturated heterocycles. The van der Waals surface area contributed by atoms with Gasteiger partial charge < -0.3 is 25.0 Å². The number of hydrogen-bond acceptors (Lipinski definition) is 7. The predicted octanol–water partition coefficient (Wildman–Crippen LogP) is 10.3. The molecule has 7 nitrogen and oxygen atoms in total. The molecule has 0 spiro atoms. The second-order valence-electron chi connectivity index (χ2n) is 21.0. The number of piperidine rings is 1. The van der Waals surface area contributed by atoms with Crippen molar-refractivity contribution in [3.8, 4) is 11.5 Å². The number of nitrogens with one attached hydrogen (secondary N) is 1. The van der Waals surface area contributed by atoms with Gasteiger partial charge in [0.25, 0.3) is 0 Å². The Morgan fingerprint density at radius 1 is 0.712 bits per heavy atom. The molecule has 1 fully saturated rings. The Labute approximate surface area is 315 Å². The van der Waals surface area contributed by atoms with Gasteiger partial charge in [-0.3, -0.25) is 9.59 Å². The molecule has 1 aliphatic rings. The summed E-state index contributed by atoms with van der Waals surface area (Å²) in [7, 11) is 0. The molecule has 0 amide bonds. The van der Waals surface area contributed by atoms with Crippen LogP contribution in [0, 0.1) is 5.92 Å². The minimum absolute atomic E-state index is 0.148. The molecule has 3 rings (SSSR count). The minimum Gasteiger partial charge on any atom is -0.507 e. The summed E-state index contributed by atoms with van der Waals surface area (Å²) in [6.07, 6.45) is 0.659. The van der Waals surface area contributed by atoms with Gasteiger partial charge in [-0.05, 0) is 121 Å². The first kappa shape index (κ1) is 43.3. The van der Waals surface area contributed by atoms with Crippen LogP contribution in [0.4, 0.5) is 0 Å². The van der Waals surface area contributed by atoms with Gasteiger partial charge in [0.05, 0.1) is 5.41 Å². The van der Waals surface area contributed by atoms with E-state index in [2.05, 4.69) is 74.6 Å². The fraction of sp³-hybridized carbons (Fsp3) is 0.689. The number of aromatic hydroxyl groups is 2. The molecule has 0 aliphatic carbocycles. The quantitative estimate of drug-likeness (QED) is 0.233. The number of ether oxygens (including phenoxy) is 2. The summed E-state index contributed by atoms with van der Waals surface area (Å²) < 4.78 is 12.5. The summed E-state index contributed by atoms with van der Waals surface area (Å²) in [6, 6.07) is 7.81. The highest BCUT2D eigenvalue weighted by atomic mass is 16.6. The zero-order valence-corrected chi connectivity index (χ0v) is 35.8. The van der Waals surface area contributed by atoms with Gasteiger partial charge in [0, 0.05) is 17.5 Å². The highest BCUT2D eigenvalue weighted by Crippen LogP contribution is 2.50. The van der Waals surface area contributed by atoms with Crippen molar-refractivity contribution >= 4 is 11.9 Å². The van der Waals surface area contributed by atoms with Crippen LogP contribution in [0.25, 0.3) is 0 Å². The zero-order valence-electron chi connectivity index (χ0n) is 35.8. The van der Waals surface area contributed by atoms with Crippen LogP contribution < -0.4 is 5.32 Å². The molecule has 3 N–H and O–H groups in total. The summed E-state index contributed by atoms with van der Waals surface area (Å²) in [5.74, 6) is -0.484. The summed E-state index contributed by atoms with van der Waals surface area (Å²) in [4.78, 5) is 28.0. The first-order valence-electron chi connectivity index (χ1n) is 19.2. The Balaban J connectivity index is 2.41. The van der Waals surface area contributed by atoms with Crippen LogP contribution in [-0.4, -0.2) is 39.8 Å². The molecule has 52 heavy (non-hydrogen) atoms. The smallest absolute Gasteiger partial charge is 0.317 e. The van der Waals surface area contributed by atoms with Crippen molar-refractivity contribution in [2.75, 3.05) is 6.61 Å². The van der Waals surface area contributed by atoms with Crippen molar-refractivity contribution in [2.45, 2.75) is 188 Å². The monoisotopic (exact) mass is 722 g/mol. The van der Waals surface area contributed by atoms with Gasteiger partial charge in [0.15, 0.2) is 6.10 Å². The van der Waals surface area contributed by atoms with Crippen LogP contribution in [0.15, 0.2) is 24.3 Å². The van der Waals surface area contributed by atoms with E-state index in [1.54, 1.807) is 6.92 Å². The highest BCUT2D eigenvalue weighted by Gasteiger charge is 2.52. The fourth-order valence-corrected chi connectivity index (χ4v) is 8.04. The molecule has 1 heterocycles. The van der Waals surface area contributed by atoms with E-state index >= 15 is 4.79 Å². The van der Waals surface area contributed by atoms with Crippen LogP contribution in [0.5, 0.6) is 11.5 Å². The molecule has 0 saturated carbocycles. The molecule has 0 radical (unpaired) electrons. The molecular weight excluding hydrogens is 650 g/mol. The van der Waals surface area contributed by atoms with Crippen LogP contribution in [0.3, 0.4) is 0 Å². The average Bonchev–Trinajstić information content (AvgIpc) is 2.94. The van der Waals surface area contributed by atoms with Gasteiger partial charge in [-0.25, -0.2) is 0 Å². The molecule has 2 aromatic rings. The molecule has 1 aliphatic heterocycles. The van der Waals surface area contributed by atoms with Crippen LogP contribution in [0.1, 0.15) is 183 Å². The van der Waals surface area contributed by atoms with E-state index in [9.17, 15) is 15.0 Å². The third-order valence-corrected chi connectivity index (χ3v) is 10.8. The Hall–Kier alpha value is -3.06. The van der Waals surface area contributed by atoms with Gasteiger partial charge in [-0.15, -0.1) is 0 Å².